The highest BCUT2D eigenvalue weighted by atomic mass is 32.2. The lowest BCUT2D eigenvalue weighted by Gasteiger charge is -2.25. The predicted molar refractivity (Wildman–Crippen MR) is 119 cm³/mol. The van der Waals surface area contributed by atoms with Crippen molar-refractivity contribution in [3.63, 3.8) is 0 Å². The third kappa shape index (κ3) is 4.83. The Morgan fingerprint density at radius 2 is 1.57 bits per heavy atom. The SMILES string of the molecule is CCc1ccc(CS(=O)(=O)N(c2ccccc2)c2ccccc2)c(OCC2CO2)c1. The third-order valence-electron chi connectivity index (χ3n) is 4.96. The van der Waals surface area contributed by atoms with Gasteiger partial charge in [0.2, 0.25) is 10.0 Å². The van der Waals surface area contributed by atoms with E-state index in [0.717, 1.165) is 12.0 Å². The van der Waals surface area contributed by atoms with E-state index in [1.807, 2.05) is 54.6 Å². The van der Waals surface area contributed by atoms with Gasteiger partial charge in [-0.15, -0.1) is 0 Å². The summed E-state index contributed by atoms with van der Waals surface area (Å²) in [5.74, 6) is 0.441. The molecule has 5 nitrogen and oxygen atoms in total. The molecule has 3 aromatic rings. The summed E-state index contributed by atoms with van der Waals surface area (Å²) in [4.78, 5) is 0. The van der Waals surface area contributed by atoms with E-state index in [0.29, 0.717) is 35.9 Å². The first-order valence-electron chi connectivity index (χ1n) is 10.1. The number of nitrogens with zero attached hydrogens (tertiary/aromatic N) is 1. The molecule has 1 aliphatic rings. The lowest BCUT2D eigenvalue weighted by atomic mass is 10.1. The van der Waals surface area contributed by atoms with Gasteiger partial charge in [0.15, 0.2) is 0 Å². The number of aryl methyl sites for hydroxylation is 1. The molecule has 0 spiro atoms. The lowest BCUT2D eigenvalue weighted by Crippen LogP contribution is -2.27. The van der Waals surface area contributed by atoms with Crippen LogP contribution in [0.1, 0.15) is 18.1 Å². The zero-order valence-electron chi connectivity index (χ0n) is 16.9. The highest BCUT2D eigenvalue weighted by Crippen LogP contribution is 2.32. The fourth-order valence-electron chi connectivity index (χ4n) is 3.28. The highest BCUT2D eigenvalue weighted by molar-refractivity contribution is 7.92. The Hall–Kier alpha value is -2.83. The van der Waals surface area contributed by atoms with Crippen LogP contribution >= 0.6 is 0 Å². The summed E-state index contributed by atoms with van der Waals surface area (Å²) < 4.78 is 39.8. The summed E-state index contributed by atoms with van der Waals surface area (Å²) >= 11 is 0. The van der Waals surface area contributed by atoms with E-state index >= 15 is 0 Å². The van der Waals surface area contributed by atoms with Gasteiger partial charge in [0.05, 0.1) is 23.7 Å². The van der Waals surface area contributed by atoms with E-state index in [1.165, 1.54) is 4.31 Å². The molecule has 0 aliphatic carbocycles. The maximum absolute atomic E-state index is 13.6. The molecule has 3 aromatic carbocycles. The lowest BCUT2D eigenvalue weighted by molar-refractivity contribution is 0.261. The molecule has 1 fully saturated rings. The van der Waals surface area contributed by atoms with Crippen molar-refractivity contribution >= 4 is 21.4 Å². The van der Waals surface area contributed by atoms with Crippen molar-refractivity contribution in [3.8, 4) is 5.75 Å². The van der Waals surface area contributed by atoms with Gasteiger partial charge in [0.1, 0.15) is 18.5 Å². The fraction of sp³-hybridized carbons (Fsp3) is 0.250. The van der Waals surface area contributed by atoms with Crippen molar-refractivity contribution in [3.05, 3.63) is 90.0 Å². The molecule has 6 heteroatoms. The minimum absolute atomic E-state index is 0.102. The average Bonchev–Trinajstić information content (AvgIpc) is 3.59. The average molecular weight is 424 g/mol. The molecule has 0 aromatic heterocycles. The molecular formula is C24H25NO4S. The normalized spacial score (nSPS) is 15.6. The molecular weight excluding hydrogens is 398 g/mol. The van der Waals surface area contributed by atoms with Crippen LogP contribution in [0.15, 0.2) is 78.9 Å². The molecule has 0 bridgehead atoms. The Kier molecular flexibility index (Phi) is 6.06. The van der Waals surface area contributed by atoms with Crippen LogP contribution in [0, 0.1) is 0 Å². The van der Waals surface area contributed by atoms with Crippen LogP contribution in [0.5, 0.6) is 5.75 Å². The third-order valence-corrected chi connectivity index (χ3v) is 6.62. The summed E-state index contributed by atoms with van der Waals surface area (Å²) in [5, 5.41) is 0. The first-order valence-corrected chi connectivity index (χ1v) is 11.7. The smallest absolute Gasteiger partial charge is 0.243 e. The van der Waals surface area contributed by atoms with Gasteiger partial charge < -0.3 is 9.47 Å². The first kappa shape index (κ1) is 20.4. The summed E-state index contributed by atoms with van der Waals surface area (Å²) in [6.45, 7) is 3.18. The molecule has 1 unspecified atom stereocenters. The van der Waals surface area contributed by atoms with Crippen LogP contribution in [0.2, 0.25) is 0 Å². The first-order chi connectivity index (χ1) is 14.6. The van der Waals surface area contributed by atoms with E-state index in [4.69, 9.17) is 9.47 Å². The molecule has 1 aliphatic heterocycles. The van der Waals surface area contributed by atoms with Crippen molar-refractivity contribution in [1.29, 1.82) is 0 Å². The largest absolute Gasteiger partial charge is 0.490 e. The minimum atomic E-state index is -3.72. The monoisotopic (exact) mass is 423 g/mol. The van der Waals surface area contributed by atoms with Gasteiger partial charge in [0, 0.05) is 5.56 Å². The topological polar surface area (TPSA) is 59.1 Å². The second-order valence-electron chi connectivity index (χ2n) is 7.25. The number of hydrogen-bond acceptors (Lipinski definition) is 4. The minimum Gasteiger partial charge on any atom is -0.490 e. The zero-order chi connectivity index (χ0) is 21.0. The van der Waals surface area contributed by atoms with Gasteiger partial charge in [0.25, 0.3) is 0 Å². The quantitative estimate of drug-likeness (QED) is 0.468. The molecule has 0 N–H and O–H groups in total. The summed E-state index contributed by atoms with van der Waals surface area (Å²) in [6.07, 6.45) is 0.952. The summed E-state index contributed by atoms with van der Waals surface area (Å²) in [5.41, 5.74) is 2.95. The van der Waals surface area contributed by atoms with Gasteiger partial charge in [-0.3, -0.25) is 0 Å². The molecule has 156 valence electrons. The van der Waals surface area contributed by atoms with E-state index in [-0.39, 0.29) is 11.9 Å². The molecule has 1 atom stereocenters. The Labute approximate surface area is 177 Å². The van der Waals surface area contributed by atoms with E-state index in [9.17, 15) is 8.42 Å². The highest BCUT2D eigenvalue weighted by Gasteiger charge is 2.27. The van der Waals surface area contributed by atoms with E-state index < -0.39 is 10.0 Å². The van der Waals surface area contributed by atoms with Crippen LogP contribution in [0.25, 0.3) is 0 Å². The van der Waals surface area contributed by atoms with Gasteiger partial charge in [-0.25, -0.2) is 12.7 Å². The van der Waals surface area contributed by atoms with Crippen molar-refractivity contribution in [1.82, 2.24) is 0 Å². The molecule has 0 radical (unpaired) electrons. The van der Waals surface area contributed by atoms with Gasteiger partial charge in [-0.1, -0.05) is 55.5 Å². The molecule has 1 saturated heterocycles. The van der Waals surface area contributed by atoms with E-state index in [2.05, 4.69) is 6.92 Å². The Bertz CT molecular complexity index is 1040. The molecule has 0 amide bonds. The van der Waals surface area contributed by atoms with Crippen LogP contribution in [0.4, 0.5) is 11.4 Å². The summed E-state index contributed by atoms with van der Waals surface area (Å²) in [7, 11) is -3.72. The molecule has 1 heterocycles. The van der Waals surface area contributed by atoms with Crippen LogP contribution in [-0.2, 0) is 26.9 Å². The second kappa shape index (κ2) is 8.90. The maximum atomic E-state index is 13.6. The van der Waals surface area contributed by atoms with Crippen LogP contribution in [-0.4, -0.2) is 27.7 Å². The van der Waals surface area contributed by atoms with Gasteiger partial charge in [-0.05, 0) is 42.3 Å². The van der Waals surface area contributed by atoms with E-state index in [1.54, 1.807) is 24.3 Å². The molecule has 4 rings (SSSR count). The number of ether oxygens (including phenoxy) is 2. The number of para-hydroxylation sites is 2. The van der Waals surface area contributed by atoms with Crippen molar-refractivity contribution in [2.75, 3.05) is 17.5 Å². The number of rotatable bonds is 9. The Balaban J connectivity index is 1.69. The number of sulfonamides is 1. The van der Waals surface area contributed by atoms with Crippen molar-refractivity contribution < 1.29 is 17.9 Å². The number of epoxide rings is 1. The van der Waals surface area contributed by atoms with Gasteiger partial charge in [-0.2, -0.15) is 0 Å². The van der Waals surface area contributed by atoms with Gasteiger partial charge >= 0.3 is 0 Å². The summed E-state index contributed by atoms with van der Waals surface area (Å²) in [6, 6.07) is 24.0. The van der Waals surface area contributed by atoms with Crippen LogP contribution < -0.4 is 9.04 Å². The fourth-order valence-corrected chi connectivity index (χ4v) is 4.92. The molecule has 0 saturated carbocycles. The molecule has 30 heavy (non-hydrogen) atoms. The zero-order valence-corrected chi connectivity index (χ0v) is 17.7. The van der Waals surface area contributed by atoms with Crippen LogP contribution in [0.3, 0.4) is 0 Å². The Morgan fingerprint density at radius 3 is 2.10 bits per heavy atom. The number of hydrogen-bond donors (Lipinski definition) is 0. The standard InChI is InChI=1S/C24H25NO4S/c1-2-19-13-14-20(24(15-19)29-17-23-16-28-23)18-30(26,27)25(21-9-5-3-6-10-21)22-11-7-4-8-12-22/h3-15,23H,2,16-18H2,1H3. The van der Waals surface area contributed by atoms with Crippen molar-refractivity contribution in [2.24, 2.45) is 0 Å². The number of anilines is 2. The maximum Gasteiger partial charge on any atom is 0.243 e. The van der Waals surface area contributed by atoms with Crippen molar-refractivity contribution in [2.45, 2.75) is 25.2 Å². The second-order valence-corrected chi connectivity index (χ2v) is 9.07. The Morgan fingerprint density at radius 1 is 0.967 bits per heavy atom. The predicted octanol–water partition coefficient (Wildman–Crippen LogP) is 4.69. The number of benzene rings is 3.